The SMILES string of the molecule is CN(C)S(=O)(=O)c1cccc(OC[C@@H](O)CNC2COC3(CCN(S(=O)(=O)c4cccc(-c5ccc(OCC#N)cc5)c4)CC3)C2)c1. The van der Waals surface area contributed by atoms with Crippen molar-refractivity contribution in [2.24, 2.45) is 0 Å². The zero-order valence-corrected chi connectivity index (χ0v) is 28.0. The van der Waals surface area contributed by atoms with Crippen LogP contribution in [0.15, 0.2) is 82.6 Å². The Hall–Kier alpha value is -3.55. The minimum Gasteiger partial charge on any atom is -0.491 e. The lowest BCUT2D eigenvalue weighted by Crippen LogP contribution is -2.47. The van der Waals surface area contributed by atoms with Gasteiger partial charge in [0, 0.05) is 45.8 Å². The van der Waals surface area contributed by atoms with E-state index >= 15 is 0 Å². The molecule has 2 saturated heterocycles. The Bertz CT molecular complexity index is 1790. The molecule has 252 valence electrons. The van der Waals surface area contributed by atoms with Gasteiger partial charge in [-0.3, -0.25) is 0 Å². The van der Waals surface area contributed by atoms with Crippen LogP contribution in [0.25, 0.3) is 11.1 Å². The molecule has 2 heterocycles. The van der Waals surface area contributed by atoms with Crippen LogP contribution < -0.4 is 14.8 Å². The van der Waals surface area contributed by atoms with Crippen LogP contribution in [0.3, 0.4) is 0 Å². The van der Waals surface area contributed by atoms with Gasteiger partial charge >= 0.3 is 0 Å². The summed E-state index contributed by atoms with van der Waals surface area (Å²) in [6.45, 7) is 1.32. The zero-order valence-electron chi connectivity index (χ0n) is 26.4. The van der Waals surface area contributed by atoms with Gasteiger partial charge < -0.3 is 24.6 Å². The second-order valence-electron chi connectivity index (χ2n) is 11.9. The minimum atomic E-state index is -3.72. The van der Waals surface area contributed by atoms with E-state index in [0.29, 0.717) is 50.5 Å². The first-order valence-corrected chi connectivity index (χ1v) is 18.2. The van der Waals surface area contributed by atoms with Gasteiger partial charge in [0.1, 0.15) is 30.3 Å². The van der Waals surface area contributed by atoms with E-state index in [1.165, 1.54) is 30.5 Å². The summed E-state index contributed by atoms with van der Waals surface area (Å²) in [5, 5.41) is 22.5. The van der Waals surface area contributed by atoms with Crippen molar-refractivity contribution in [1.29, 1.82) is 5.26 Å². The number of ether oxygens (including phenoxy) is 3. The lowest BCUT2D eigenvalue weighted by Gasteiger charge is -2.38. The van der Waals surface area contributed by atoms with Gasteiger partial charge in [0.15, 0.2) is 6.61 Å². The number of piperidine rings is 1. The van der Waals surface area contributed by atoms with Crippen LogP contribution >= 0.6 is 0 Å². The van der Waals surface area contributed by atoms with Gasteiger partial charge in [-0.1, -0.05) is 30.3 Å². The molecule has 2 atom stereocenters. The fourth-order valence-electron chi connectivity index (χ4n) is 5.79. The Morgan fingerprint density at radius 3 is 2.38 bits per heavy atom. The summed E-state index contributed by atoms with van der Waals surface area (Å²) in [6.07, 6.45) is 0.985. The first kappa shape index (κ1) is 34.8. The van der Waals surface area contributed by atoms with Crippen molar-refractivity contribution in [1.82, 2.24) is 13.9 Å². The Labute approximate surface area is 276 Å². The number of benzene rings is 3. The third-order valence-electron chi connectivity index (χ3n) is 8.47. The second kappa shape index (κ2) is 14.7. The van der Waals surface area contributed by atoms with Crippen LogP contribution in [0.5, 0.6) is 11.5 Å². The maximum atomic E-state index is 13.6. The van der Waals surface area contributed by atoms with Crippen molar-refractivity contribution < 1.29 is 36.2 Å². The summed E-state index contributed by atoms with van der Waals surface area (Å²) in [4.78, 5) is 0.337. The van der Waals surface area contributed by atoms with E-state index < -0.39 is 31.8 Å². The fourth-order valence-corrected chi connectivity index (χ4v) is 8.22. The molecule has 2 fully saturated rings. The van der Waals surface area contributed by atoms with Gasteiger partial charge in [-0.15, -0.1) is 0 Å². The predicted molar refractivity (Wildman–Crippen MR) is 175 cm³/mol. The van der Waals surface area contributed by atoms with Crippen molar-refractivity contribution in [3.8, 4) is 28.7 Å². The normalized spacial score (nSPS) is 19.0. The van der Waals surface area contributed by atoms with Gasteiger partial charge in [-0.2, -0.15) is 9.57 Å². The highest BCUT2D eigenvalue weighted by Gasteiger charge is 2.44. The third-order valence-corrected chi connectivity index (χ3v) is 12.2. The molecule has 14 heteroatoms. The van der Waals surface area contributed by atoms with Crippen LogP contribution in [0, 0.1) is 11.3 Å². The van der Waals surface area contributed by atoms with Gasteiger partial charge in [-0.25, -0.2) is 21.1 Å². The number of aliphatic hydroxyl groups is 1. The van der Waals surface area contributed by atoms with E-state index in [-0.39, 0.29) is 35.6 Å². The number of nitriles is 1. The molecule has 0 amide bonds. The lowest BCUT2D eigenvalue weighted by atomic mass is 9.88. The van der Waals surface area contributed by atoms with Crippen molar-refractivity contribution in [3.05, 3.63) is 72.8 Å². The van der Waals surface area contributed by atoms with Crippen molar-refractivity contribution >= 4 is 20.0 Å². The number of hydrogen-bond acceptors (Lipinski definition) is 10. The Balaban J connectivity index is 1.10. The minimum absolute atomic E-state index is 0.00487. The topological polar surface area (TPSA) is 158 Å². The number of nitrogens with zero attached hydrogens (tertiary/aromatic N) is 3. The second-order valence-corrected chi connectivity index (χ2v) is 16.0. The Kier molecular flexibility index (Phi) is 10.9. The molecule has 12 nitrogen and oxygen atoms in total. The quantitative estimate of drug-likeness (QED) is 0.274. The molecular weight excluding hydrogens is 645 g/mol. The highest BCUT2D eigenvalue weighted by molar-refractivity contribution is 7.89. The van der Waals surface area contributed by atoms with Gasteiger partial charge in [0.05, 0.1) is 22.0 Å². The smallest absolute Gasteiger partial charge is 0.243 e. The molecule has 0 aromatic heterocycles. The van der Waals surface area contributed by atoms with E-state index in [2.05, 4.69) is 5.32 Å². The van der Waals surface area contributed by atoms with Gasteiger partial charge in [0.2, 0.25) is 20.0 Å². The summed E-state index contributed by atoms with van der Waals surface area (Å²) in [5.74, 6) is 0.914. The largest absolute Gasteiger partial charge is 0.491 e. The van der Waals surface area contributed by atoms with Crippen molar-refractivity contribution in [2.75, 3.05) is 53.6 Å². The Morgan fingerprint density at radius 1 is 0.979 bits per heavy atom. The van der Waals surface area contributed by atoms with Crippen molar-refractivity contribution in [2.45, 2.75) is 46.8 Å². The number of nitrogens with one attached hydrogen (secondary N) is 1. The van der Waals surface area contributed by atoms with Gasteiger partial charge in [0.25, 0.3) is 0 Å². The molecule has 0 aliphatic carbocycles. The predicted octanol–water partition coefficient (Wildman–Crippen LogP) is 2.85. The van der Waals surface area contributed by atoms with E-state index in [1.807, 2.05) is 24.3 Å². The van der Waals surface area contributed by atoms with E-state index in [4.69, 9.17) is 19.5 Å². The molecule has 2 N–H and O–H groups in total. The van der Waals surface area contributed by atoms with E-state index in [0.717, 1.165) is 15.4 Å². The van der Waals surface area contributed by atoms with Crippen LogP contribution in [0.1, 0.15) is 19.3 Å². The average Bonchev–Trinajstić information content (AvgIpc) is 3.47. The number of aliphatic hydroxyl groups excluding tert-OH is 1. The molecule has 3 aromatic rings. The number of sulfonamides is 2. The highest BCUT2D eigenvalue weighted by atomic mass is 32.2. The van der Waals surface area contributed by atoms with Gasteiger partial charge in [-0.05, 0) is 66.8 Å². The van der Waals surface area contributed by atoms with Crippen LogP contribution in [0.4, 0.5) is 0 Å². The van der Waals surface area contributed by atoms with Crippen LogP contribution in [-0.4, -0.2) is 102 Å². The lowest BCUT2D eigenvalue weighted by molar-refractivity contribution is -0.0312. The first-order valence-electron chi connectivity index (χ1n) is 15.3. The molecule has 1 unspecified atom stereocenters. The molecule has 0 bridgehead atoms. The highest BCUT2D eigenvalue weighted by Crippen LogP contribution is 2.38. The molecule has 2 aliphatic heterocycles. The zero-order chi connectivity index (χ0) is 33.7. The average molecular weight is 685 g/mol. The fraction of sp³-hybridized carbons (Fsp3) is 0.424. The maximum absolute atomic E-state index is 13.6. The molecule has 0 saturated carbocycles. The maximum Gasteiger partial charge on any atom is 0.243 e. The molecule has 5 rings (SSSR count). The summed E-state index contributed by atoms with van der Waals surface area (Å²) in [6, 6.07) is 22.1. The third kappa shape index (κ3) is 8.31. The van der Waals surface area contributed by atoms with Crippen LogP contribution in [0.2, 0.25) is 0 Å². The van der Waals surface area contributed by atoms with E-state index in [1.54, 1.807) is 42.5 Å². The molecule has 3 aromatic carbocycles. The molecule has 1 spiro atoms. The standard InChI is InChI=1S/C33H40N4O8S2/c1-36(2)46(39,40)32-8-4-6-30(20-32)44-24-28(38)22-35-27-21-33(45-23-27)13-16-37(17-14-33)47(41,42)31-7-3-5-26(19-31)25-9-11-29(12-10-25)43-18-15-34/h3-12,19-20,27-28,35,38H,13-14,16-18,21-24H2,1-2H3/t27?,28-/m0/s1. The monoisotopic (exact) mass is 684 g/mol. The number of rotatable bonds is 13. The molecule has 2 aliphatic rings. The molecular formula is C33H40N4O8S2. The summed E-state index contributed by atoms with van der Waals surface area (Å²) in [5.41, 5.74) is 1.17. The molecule has 0 radical (unpaired) electrons. The first-order chi connectivity index (χ1) is 22.4. The van der Waals surface area contributed by atoms with Crippen molar-refractivity contribution in [3.63, 3.8) is 0 Å². The Morgan fingerprint density at radius 2 is 1.68 bits per heavy atom. The summed E-state index contributed by atoms with van der Waals surface area (Å²) >= 11 is 0. The summed E-state index contributed by atoms with van der Waals surface area (Å²) < 4.78 is 71.8. The number of hydrogen-bond donors (Lipinski definition) is 2. The summed E-state index contributed by atoms with van der Waals surface area (Å²) in [7, 11) is -4.40. The van der Waals surface area contributed by atoms with Crippen LogP contribution in [-0.2, 0) is 24.8 Å². The van der Waals surface area contributed by atoms with E-state index in [9.17, 15) is 21.9 Å². The molecule has 47 heavy (non-hydrogen) atoms.